The summed E-state index contributed by atoms with van der Waals surface area (Å²) in [6.07, 6.45) is 0. The maximum atomic E-state index is 9.21. The third kappa shape index (κ3) is 3.84. The summed E-state index contributed by atoms with van der Waals surface area (Å²) in [6, 6.07) is 4.03. The van der Waals surface area contributed by atoms with Crippen molar-refractivity contribution in [1.29, 1.82) is 0 Å². The fourth-order valence-corrected chi connectivity index (χ4v) is 2.47. The molecule has 4 nitrogen and oxygen atoms in total. The lowest BCUT2D eigenvalue weighted by molar-refractivity contribution is 0.156. The van der Waals surface area contributed by atoms with Crippen molar-refractivity contribution in [3.63, 3.8) is 0 Å². The summed E-state index contributed by atoms with van der Waals surface area (Å²) in [5.74, 6) is 1.57. The first-order chi connectivity index (χ1) is 9.02. The van der Waals surface area contributed by atoms with E-state index in [1.165, 1.54) is 0 Å². The Kier molecular flexibility index (Phi) is 4.71. The fourth-order valence-electron chi connectivity index (χ4n) is 1.87. The standard InChI is InChI=1S/C14H20BrNO3/c1-14(2,9-17)8-16-7-10-5-11(15)13-12(6-10)18-3-4-19-13/h5-6,16-17H,3-4,7-9H2,1-2H3. The molecule has 1 aliphatic rings. The van der Waals surface area contributed by atoms with Crippen molar-refractivity contribution in [1.82, 2.24) is 5.32 Å². The predicted molar refractivity (Wildman–Crippen MR) is 77.7 cm³/mol. The number of ether oxygens (including phenoxy) is 2. The molecule has 0 fully saturated rings. The predicted octanol–water partition coefficient (Wildman–Crippen LogP) is 2.33. The Morgan fingerprint density at radius 1 is 1.32 bits per heavy atom. The number of nitrogens with one attached hydrogen (secondary N) is 1. The van der Waals surface area contributed by atoms with Crippen LogP contribution in [-0.2, 0) is 6.54 Å². The summed E-state index contributed by atoms with van der Waals surface area (Å²) in [7, 11) is 0. The molecule has 0 amide bonds. The second-order valence-corrected chi connectivity index (χ2v) is 6.38. The molecular formula is C14H20BrNO3. The largest absolute Gasteiger partial charge is 0.486 e. The summed E-state index contributed by atoms with van der Waals surface area (Å²) in [5.41, 5.74) is 1.02. The van der Waals surface area contributed by atoms with Crippen LogP contribution < -0.4 is 14.8 Å². The molecule has 0 atom stereocenters. The zero-order valence-electron chi connectivity index (χ0n) is 11.3. The van der Waals surface area contributed by atoms with Crippen molar-refractivity contribution in [2.75, 3.05) is 26.4 Å². The molecule has 1 aromatic carbocycles. The lowest BCUT2D eigenvalue weighted by Gasteiger charge is -2.23. The van der Waals surface area contributed by atoms with Gasteiger partial charge in [0.05, 0.1) is 4.47 Å². The highest BCUT2D eigenvalue weighted by Gasteiger charge is 2.18. The molecule has 19 heavy (non-hydrogen) atoms. The second kappa shape index (κ2) is 6.11. The van der Waals surface area contributed by atoms with Crippen LogP contribution in [0.5, 0.6) is 11.5 Å². The molecule has 1 aliphatic heterocycles. The molecule has 0 aromatic heterocycles. The fraction of sp³-hybridized carbons (Fsp3) is 0.571. The summed E-state index contributed by atoms with van der Waals surface area (Å²) in [4.78, 5) is 0. The van der Waals surface area contributed by atoms with Gasteiger partial charge in [0.1, 0.15) is 13.2 Å². The van der Waals surface area contributed by atoms with E-state index in [1.807, 2.05) is 26.0 Å². The van der Waals surface area contributed by atoms with E-state index in [4.69, 9.17) is 9.47 Å². The van der Waals surface area contributed by atoms with Crippen LogP contribution in [0.25, 0.3) is 0 Å². The molecule has 0 aliphatic carbocycles. The quantitative estimate of drug-likeness (QED) is 0.870. The molecule has 0 radical (unpaired) electrons. The monoisotopic (exact) mass is 329 g/mol. The van der Waals surface area contributed by atoms with Crippen LogP contribution in [0.2, 0.25) is 0 Å². The van der Waals surface area contributed by atoms with Crippen LogP contribution >= 0.6 is 15.9 Å². The molecule has 1 heterocycles. The molecule has 0 spiro atoms. The highest BCUT2D eigenvalue weighted by Crippen LogP contribution is 2.38. The molecular weight excluding hydrogens is 310 g/mol. The van der Waals surface area contributed by atoms with Gasteiger partial charge in [-0.1, -0.05) is 13.8 Å². The van der Waals surface area contributed by atoms with Crippen molar-refractivity contribution in [2.45, 2.75) is 20.4 Å². The van der Waals surface area contributed by atoms with Gasteiger partial charge in [-0.3, -0.25) is 0 Å². The average molecular weight is 330 g/mol. The van der Waals surface area contributed by atoms with E-state index >= 15 is 0 Å². The Labute approximate surface area is 122 Å². The minimum Gasteiger partial charge on any atom is -0.486 e. The highest BCUT2D eigenvalue weighted by molar-refractivity contribution is 9.10. The number of halogens is 1. The van der Waals surface area contributed by atoms with E-state index in [2.05, 4.69) is 21.2 Å². The molecule has 5 heteroatoms. The molecule has 106 valence electrons. The van der Waals surface area contributed by atoms with Gasteiger partial charge in [0.15, 0.2) is 11.5 Å². The first-order valence-electron chi connectivity index (χ1n) is 6.41. The number of benzene rings is 1. The normalized spacial score (nSPS) is 14.5. The number of rotatable bonds is 5. The number of hydrogen-bond donors (Lipinski definition) is 2. The number of aliphatic hydroxyl groups excluding tert-OH is 1. The third-order valence-corrected chi connectivity index (χ3v) is 3.61. The summed E-state index contributed by atoms with van der Waals surface area (Å²) < 4.78 is 12.1. The van der Waals surface area contributed by atoms with Crippen LogP contribution in [0.1, 0.15) is 19.4 Å². The Morgan fingerprint density at radius 2 is 2.05 bits per heavy atom. The molecule has 2 N–H and O–H groups in total. The van der Waals surface area contributed by atoms with Crippen molar-refractivity contribution >= 4 is 15.9 Å². The SMILES string of the molecule is CC(C)(CO)CNCc1cc(Br)c2c(c1)OCCO2. The molecule has 0 saturated carbocycles. The average Bonchev–Trinajstić information content (AvgIpc) is 2.39. The van der Waals surface area contributed by atoms with E-state index in [0.29, 0.717) is 13.2 Å². The minimum absolute atomic E-state index is 0.106. The summed E-state index contributed by atoms with van der Waals surface area (Å²) >= 11 is 3.51. The first-order valence-corrected chi connectivity index (χ1v) is 7.21. The zero-order chi connectivity index (χ0) is 13.9. The molecule has 0 bridgehead atoms. The van der Waals surface area contributed by atoms with E-state index in [9.17, 15) is 5.11 Å². The van der Waals surface area contributed by atoms with Gasteiger partial charge in [-0.15, -0.1) is 0 Å². The van der Waals surface area contributed by atoms with E-state index in [1.54, 1.807) is 0 Å². The van der Waals surface area contributed by atoms with Crippen molar-refractivity contribution in [3.05, 3.63) is 22.2 Å². The van der Waals surface area contributed by atoms with Crippen molar-refractivity contribution < 1.29 is 14.6 Å². The maximum Gasteiger partial charge on any atom is 0.175 e. The molecule has 0 unspecified atom stereocenters. The minimum atomic E-state index is -0.106. The number of fused-ring (bicyclic) bond motifs is 1. The van der Waals surface area contributed by atoms with Crippen molar-refractivity contribution in [2.24, 2.45) is 5.41 Å². The van der Waals surface area contributed by atoms with Crippen molar-refractivity contribution in [3.8, 4) is 11.5 Å². The third-order valence-electron chi connectivity index (χ3n) is 3.02. The highest BCUT2D eigenvalue weighted by atomic mass is 79.9. The first kappa shape index (κ1) is 14.6. The van der Waals surface area contributed by atoms with Gasteiger partial charge in [-0.2, -0.15) is 0 Å². The summed E-state index contributed by atoms with van der Waals surface area (Å²) in [5, 5.41) is 12.6. The second-order valence-electron chi connectivity index (χ2n) is 5.53. The lowest BCUT2D eigenvalue weighted by Crippen LogP contribution is -2.31. The van der Waals surface area contributed by atoms with E-state index < -0.39 is 0 Å². The molecule has 2 rings (SSSR count). The van der Waals surface area contributed by atoms with Gasteiger partial charge < -0.3 is 19.9 Å². The Hall–Kier alpha value is -0.780. The topological polar surface area (TPSA) is 50.7 Å². The van der Waals surface area contributed by atoms with Crippen LogP contribution in [0.3, 0.4) is 0 Å². The molecule has 0 saturated heterocycles. The Bertz CT molecular complexity index is 449. The van der Waals surface area contributed by atoms with Gasteiger partial charge in [-0.25, -0.2) is 0 Å². The van der Waals surface area contributed by atoms with Crippen LogP contribution in [0.4, 0.5) is 0 Å². The maximum absolute atomic E-state index is 9.21. The van der Waals surface area contributed by atoms with Crippen LogP contribution in [0, 0.1) is 5.41 Å². The van der Waals surface area contributed by atoms with Gasteiger partial charge in [-0.05, 0) is 33.6 Å². The number of hydrogen-bond acceptors (Lipinski definition) is 4. The number of aliphatic hydroxyl groups is 1. The van der Waals surface area contributed by atoms with Gasteiger partial charge in [0, 0.05) is 25.1 Å². The Morgan fingerprint density at radius 3 is 2.79 bits per heavy atom. The Balaban J connectivity index is 2.00. The van der Waals surface area contributed by atoms with Crippen LogP contribution in [0.15, 0.2) is 16.6 Å². The van der Waals surface area contributed by atoms with E-state index in [-0.39, 0.29) is 12.0 Å². The lowest BCUT2D eigenvalue weighted by atomic mass is 9.95. The van der Waals surface area contributed by atoms with Gasteiger partial charge in [0.25, 0.3) is 0 Å². The smallest absolute Gasteiger partial charge is 0.175 e. The van der Waals surface area contributed by atoms with Crippen LogP contribution in [-0.4, -0.2) is 31.5 Å². The van der Waals surface area contributed by atoms with E-state index in [0.717, 1.165) is 34.6 Å². The van der Waals surface area contributed by atoms with Gasteiger partial charge >= 0.3 is 0 Å². The molecule has 1 aromatic rings. The zero-order valence-corrected chi connectivity index (χ0v) is 12.9. The van der Waals surface area contributed by atoms with Gasteiger partial charge in [0.2, 0.25) is 0 Å². The summed E-state index contributed by atoms with van der Waals surface area (Å²) in [6.45, 7) is 6.90.